The summed E-state index contributed by atoms with van der Waals surface area (Å²) in [7, 11) is 0. The van der Waals surface area contributed by atoms with Gasteiger partial charge in [0.05, 0.1) is 6.20 Å². The average molecular weight is 226 g/mol. The predicted molar refractivity (Wildman–Crippen MR) is 61.4 cm³/mol. The molecular formula is C11H15FN2S. The van der Waals surface area contributed by atoms with E-state index in [9.17, 15) is 4.39 Å². The highest BCUT2D eigenvalue weighted by Crippen LogP contribution is 2.14. The Bertz CT molecular complexity index is 311. The molecule has 0 aliphatic carbocycles. The van der Waals surface area contributed by atoms with Crippen molar-refractivity contribution >= 4 is 11.8 Å². The zero-order valence-electron chi connectivity index (χ0n) is 8.66. The first-order valence-corrected chi connectivity index (χ1v) is 6.40. The smallest absolute Gasteiger partial charge is 0.145 e. The first-order chi connectivity index (χ1) is 7.36. The molecule has 1 saturated heterocycles. The van der Waals surface area contributed by atoms with Crippen molar-refractivity contribution in [2.24, 2.45) is 0 Å². The summed E-state index contributed by atoms with van der Waals surface area (Å²) in [6, 6.07) is 1.77. The lowest BCUT2D eigenvalue weighted by atomic mass is 10.2. The highest BCUT2D eigenvalue weighted by molar-refractivity contribution is 7.99. The third-order valence-electron chi connectivity index (χ3n) is 2.57. The number of pyridine rings is 1. The van der Waals surface area contributed by atoms with Gasteiger partial charge in [-0.2, -0.15) is 11.8 Å². The van der Waals surface area contributed by atoms with Crippen LogP contribution in [0.4, 0.5) is 4.39 Å². The van der Waals surface area contributed by atoms with Crippen molar-refractivity contribution in [1.82, 2.24) is 9.88 Å². The molecule has 2 nitrogen and oxygen atoms in total. The molecule has 0 N–H and O–H groups in total. The van der Waals surface area contributed by atoms with Crippen molar-refractivity contribution < 1.29 is 4.39 Å². The molecule has 2 heterocycles. The summed E-state index contributed by atoms with van der Waals surface area (Å²) < 4.78 is 13.4. The lowest BCUT2D eigenvalue weighted by Gasteiger charge is -2.19. The summed E-state index contributed by atoms with van der Waals surface area (Å²) in [6.07, 6.45) is 4.16. The monoisotopic (exact) mass is 226 g/mol. The summed E-state index contributed by atoms with van der Waals surface area (Å²) in [5.41, 5.74) is 0.761. The van der Waals surface area contributed by atoms with Gasteiger partial charge in [0.2, 0.25) is 0 Å². The minimum atomic E-state index is -0.186. The van der Waals surface area contributed by atoms with Gasteiger partial charge in [-0.25, -0.2) is 4.39 Å². The second kappa shape index (κ2) is 5.47. The fourth-order valence-corrected chi connectivity index (χ4v) is 2.65. The van der Waals surface area contributed by atoms with E-state index in [0.29, 0.717) is 0 Å². The van der Waals surface area contributed by atoms with Gasteiger partial charge in [-0.1, -0.05) is 0 Å². The number of hydrogen-bond acceptors (Lipinski definition) is 3. The fourth-order valence-electron chi connectivity index (χ4n) is 1.73. The van der Waals surface area contributed by atoms with Crippen molar-refractivity contribution in [3.05, 3.63) is 29.8 Å². The predicted octanol–water partition coefficient (Wildman–Crippen LogP) is 2.16. The standard InChI is InChI=1S/C11H15FN2S/c12-11-8-13-3-2-10(11)9-14-4-1-6-15-7-5-14/h2-3,8H,1,4-7,9H2. The minimum absolute atomic E-state index is 0.186. The van der Waals surface area contributed by atoms with Crippen molar-refractivity contribution in [2.45, 2.75) is 13.0 Å². The molecule has 0 bridgehead atoms. The summed E-state index contributed by atoms with van der Waals surface area (Å²) in [4.78, 5) is 6.08. The second-order valence-corrected chi connectivity index (χ2v) is 4.93. The quantitative estimate of drug-likeness (QED) is 0.769. The van der Waals surface area contributed by atoms with E-state index in [1.54, 1.807) is 12.3 Å². The van der Waals surface area contributed by atoms with Gasteiger partial charge in [-0.05, 0) is 24.8 Å². The Hall–Kier alpha value is -0.610. The van der Waals surface area contributed by atoms with E-state index >= 15 is 0 Å². The first kappa shape index (κ1) is 10.9. The number of hydrogen-bond donors (Lipinski definition) is 0. The summed E-state index contributed by atoms with van der Waals surface area (Å²) in [5.74, 6) is 2.21. The molecule has 1 aromatic rings. The molecule has 0 unspecified atom stereocenters. The van der Waals surface area contributed by atoms with E-state index in [0.717, 1.165) is 31.0 Å². The maximum Gasteiger partial charge on any atom is 0.145 e. The molecule has 2 rings (SSSR count). The Balaban J connectivity index is 1.98. The molecule has 1 aliphatic rings. The van der Waals surface area contributed by atoms with E-state index in [-0.39, 0.29) is 5.82 Å². The summed E-state index contributed by atoms with van der Waals surface area (Å²) in [5, 5.41) is 0. The Kier molecular flexibility index (Phi) is 3.97. The van der Waals surface area contributed by atoms with Crippen LogP contribution in [0.5, 0.6) is 0 Å². The van der Waals surface area contributed by atoms with Crippen LogP contribution < -0.4 is 0 Å². The van der Waals surface area contributed by atoms with E-state index in [4.69, 9.17) is 0 Å². The van der Waals surface area contributed by atoms with Gasteiger partial charge in [0.15, 0.2) is 0 Å². The first-order valence-electron chi connectivity index (χ1n) is 5.25. The second-order valence-electron chi connectivity index (χ2n) is 3.71. The van der Waals surface area contributed by atoms with Gasteiger partial charge in [-0.15, -0.1) is 0 Å². The zero-order chi connectivity index (χ0) is 10.5. The topological polar surface area (TPSA) is 16.1 Å². The van der Waals surface area contributed by atoms with Crippen LogP contribution in [-0.2, 0) is 6.54 Å². The molecule has 0 radical (unpaired) electrons. The van der Waals surface area contributed by atoms with Crippen molar-refractivity contribution in [3.63, 3.8) is 0 Å². The van der Waals surface area contributed by atoms with Gasteiger partial charge < -0.3 is 0 Å². The number of thioether (sulfide) groups is 1. The highest BCUT2D eigenvalue weighted by Gasteiger charge is 2.11. The molecule has 1 fully saturated rings. The lowest BCUT2D eigenvalue weighted by molar-refractivity contribution is 0.283. The third kappa shape index (κ3) is 3.18. The Labute approximate surface area is 93.9 Å². The van der Waals surface area contributed by atoms with Crippen molar-refractivity contribution in [2.75, 3.05) is 24.6 Å². The normalized spacial score (nSPS) is 18.7. The van der Waals surface area contributed by atoms with Gasteiger partial charge in [0.25, 0.3) is 0 Å². The molecule has 82 valence electrons. The van der Waals surface area contributed by atoms with Crippen LogP contribution >= 0.6 is 11.8 Å². The summed E-state index contributed by atoms with van der Waals surface area (Å²) in [6.45, 7) is 2.86. The number of aromatic nitrogens is 1. The molecule has 1 aliphatic heterocycles. The molecule has 0 aromatic carbocycles. The number of rotatable bonds is 2. The molecule has 0 atom stereocenters. The SMILES string of the molecule is Fc1cnccc1CN1CCCSCC1. The lowest BCUT2D eigenvalue weighted by Crippen LogP contribution is -2.25. The maximum absolute atomic E-state index is 13.4. The minimum Gasteiger partial charge on any atom is -0.298 e. The average Bonchev–Trinajstić information content (AvgIpc) is 2.50. The van der Waals surface area contributed by atoms with Gasteiger partial charge in [0.1, 0.15) is 5.82 Å². The molecule has 15 heavy (non-hydrogen) atoms. The van der Waals surface area contributed by atoms with Crippen LogP contribution in [-0.4, -0.2) is 34.5 Å². The van der Waals surface area contributed by atoms with Gasteiger partial charge in [0, 0.05) is 30.6 Å². The Morgan fingerprint density at radius 2 is 2.33 bits per heavy atom. The van der Waals surface area contributed by atoms with Gasteiger partial charge in [-0.3, -0.25) is 9.88 Å². The molecule has 0 saturated carbocycles. The van der Waals surface area contributed by atoms with Crippen LogP contribution in [0.1, 0.15) is 12.0 Å². The largest absolute Gasteiger partial charge is 0.298 e. The van der Waals surface area contributed by atoms with E-state index in [2.05, 4.69) is 9.88 Å². The molecule has 1 aromatic heterocycles. The van der Waals surface area contributed by atoms with E-state index < -0.39 is 0 Å². The van der Waals surface area contributed by atoms with Crippen LogP contribution in [0.3, 0.4) is 0 Å². The number of nitrogens with zero attached hydrogens (tertiary/aromatic N) is 2. The van der Waals surface area contributed by atoms with Crippen LogP contribution in [0, 0.1) is 5.82 Å². The third-order valence-corrected chi connectivity index (χ3v) is 3.61. The van der Waals surface area contributed by atoms with E-state index in [1.165, 1.54) is 18.4 Å². The van der Waals surface area contributed by atoms with Crippen LogP contribution in [0.2, 0.25) is 0 Å². The van der Waals surface area contributed by atoms with E-state index in [1.807, 2.05) is 11.8 Å². The Morgan fingerprint density at radius 3 is 3.20 bits per heavy atom. The maximum atomic E-state index is 13.4. The molecule has 0 amide bonds. The van der Waals surface area contributed by atoms with Crippen LogP contribution in [0.15, 0.2) is 18.5 Å². The van der Waals surface area contributed by atoms with Crippen LogP contribution in [0.25, 0.3) is 0 Å². The van der Waals surface area contributed by atoms with Crippen molar-refractivity contribution in [3.8, 4) is 0 Å². The molecule has 0 spiro atoms. The van der Waals surface area contributed by atoms with Gasteiger partial charge >= 0.3 is 0 Å². The molecular weight excluding hydrogens is 211 g/mol. The van der Waals surface area contributed by atoms with Crippen molar-refractivity contribution in [1.29, 1.82) is 0 Å². The highest BCUT2D eigenvalue weighted by atomic mass is 32.2. The summed E-state index contributed by atoms with van der Waals surface area (Å²) >= 11 is 1.99. The zero-order valence-corrected chi connectivity index (χ0v) is 9.47. The Morgan fingerprint density at radius 1 is 1.40 bits per heavy atom. The molecule has 4 heteroatoms. The fraction of sp³-hybridized carbons (Fsp3) is 0.545. The number of halogens is 1.